The van der Waals surface area contributed by atoms with Crippen molar-refractivity contribution in [2.75, 3.05) is 0 Å². The predicted molar refractivity (Wildman–Crippen MR) is 105 cm³/mol. The maximum Gasteiger partial charge on any atom is 0.280 e. The van der Waals surface area contributed by atoms with E-state index in [1.807, 2.05) is 24.3 Å². The molecular weight excluding hydrogens is 387 g/mol. The van der Waals surface area contributed by atoms with Crippen LogP contribution in [0, 0.1) is 0 Å². The summed E-state index contributed by atoms with van der Waals surface area (Å²) in [5.74, 6) is 0.929. The highest BCUT2D eigenvalue weighted by molar-refractivity contribution is 6.30. The maximum atomic E-state index is 6.44. The molecule has 0 bridgehead atoms. The first-order chi connectivity index (χ1) is 12.6. The Kier molecular flexibility index (Phi) is 5.83. The Bertz CT molecular complexity index is 916. The topological polar surface area (TPSA) is 95.7 Å². The number of aromatic nitrogens is 5. The van der Waals surface area contributed by atoms with Crippen LogP contribution >= 0.6 is 24.0 Å². The zero-order chi connectivity index (χ0) is 18.1. The Morgan fingerprint density at radius 2 is 2.07 bits per heavy atom. The van der Waals surface area contributed by atoms with E-state index in [2.05, 4.69) is 27.4 Å². The minimum Gasteiger partial charge on any atom is -0.332 e. The molecule has 144 valence electrons. The Morgan fingerprint density at radius 3 is 2.78 bits per heavy atom. The van der Waals surface area contributed by atoms with E-state index in [1.165, 1.54) is 0 Å². The second-order valence-electron chi connectivity index (χ2n) is 6.81. The van der Waals surface area contributed by atoms with Gasteiger partial charge in [-0.05, 0) is 37.5 Å². The molecule has 0 unspecified atom stereocenters. The first kappa shape index (κ1) is 19.8. The van der Waals surface area contributed by atoms with Crippen LogP contribution in [-0.2, 0) is 12.0 Å². The smallest absolute Gasteiger partial charge is 0.280 e. The molecule has 0 amide bonds. The van der Waals surface area contributed by atoms with Gasteiger partial charge in [0.05, 0.1) is 16.9 Å². The molecule has 1 saturated carbocycles. The number of halogens is 2. The highest BCUT2D eigenvalue weighted by Gasteiger charge is 2.36. The van der Waals surface area contributed by atoms with Gasteiger partial charge in [-0.1, -0.05) is 54.2 Å². The molecule has 1 aliphatic rings. The van der Waals surface area contributed by atoms with Crippen molar-refractivity contribution in [3.63, 3.8) is 0 Å². The summed E-state index contributed by atoms with van der Waals surface area (Å²) in [6.07, 6.45) is 5.65. The van der Waals surface area contributed by atoms with E-state index < -0.39 is 5.54 Å². The van der Waals surface area contributed by atoms with Gasteiger partial charge >= 0.3 is 0 Å². The van der Waals surface area contributed by atoms with E-state index >= 15 is 0 Å². The van der Waals surface area contributed by atoms with Crippen LogP contribution in [0.5, 0.6) is 0 Å². The molecule has 2 heterocycles. The molecule has 27 heavy (non-hydrogen) atoms. The van der Waals surface area contributed by atoms with E-state index in [-0.39, 0.29) is 12.4 Å². The van der Waals surface area contributed by atoms with Crippen molar-refractivity contribution in [2.45, 2.75) is 51.0 Å². The fourth-order valence-corrected chi connectivity index (χ4v) is 3.68. The zero-order valence-electron chi connectivity index (χ0n) is 15.1. The number of nitrogens with two attached hydrogens (primary N) is 1. The van der Waals surface area contributed by atoms with E-state index in [9.17, 15) is 0 Å². The third-order valence-electron chi connectivity index (χ3n) is 4.87. The summed E-state index contributed by atoms with van der Waals surface area (Å²) < 4.78 is 7.29. The molecule has 0 saturated heterocycles. The SMILES string of the molecule is CCCc1c(-c2nc(C3(N)CCCC3)no2)nnn1-c1cccc(Cl)c1.Cl. The number of nitrogens with zero attached hydrogens (tertiary/aromatic N) is 5. The Balaban J connectivity index is 0.00000210. The highest BCUT2D eigenvalue weighted by atomic mass is 35.5. The third-order valence-corrected chi connectivity index (χ3v) is 5.11. The van der Waals surface area contributed by atoms with Gasteiger partial charge in [-0.3, -0.25) is 0 Å². The quantitative estimate of drug-likeness (QED) is 0.683. The van der Waals surface area contributed by atoms with Crippen molar-refractivity contribution >= 4 is 24.0 Å². The van der Waals surface area contributed by atoms with E-state index in [0.29, 0.717) is 22.4 Å². The average Bonchev–Trinajstić information content (AvgIpc) is 3.34. The van der Waals surface area contributed by atoms with Crippen LogP contribution in [0.3, 0.4) is 0 Å². The van der Waals surface area contributed by atoms with E-state index in [0.717, 1.165) is 49.9 Å². The maximum absolute atomic E-state index is 6.44. The molecule has 7 nitrogen and oxygen atoms in total. The van der Waals surface area contributed by atoms with Crippen LogP contribution in [0.15, 0.2) is 28.8 Å². The molecule has 1 fully saturated rings. The Hall–Kier alpha value is -1.96. The van der Waals surface area contributed by atoms with Gasteiger partial charge in [-0.15, -0.1) is 17.5 Å². The molecular formula is C18H22Cl2N6O. The molecule has 4 rings (SSSR count). The summed E-state index contributed by atoms with van der Waals surface area (Å²) in [6.45, 7) is 2.10. The van der Waals surface area contributed by atoms with E-state index in [4.69, 9.17) is 21.9 Å². The molecule has 2 aromatic heterocycles. The lowest BCUT2D eigenvalue weighted by Crippen LogP contribution is -2.34. The number of rotatable bonds is 5. The van der Waals surface area contributed by atoms with Crippen LogP contribution < -0.4 is 5.73 Å². The summed E-state index contributed by atoms with van der Waals surface area (Å²) in [7, 11) is 0. The second kappa shape index (κ2) is 7.96. The summed E-state index contributed by atoms with van der Waals surface area (Å²) >= 11 is 6.12. The fraction of sp³-hybridized carbons (Fsp3) is 0.444. The zero-order valence-corrected chi connectivity index (χ0v) is 16.6. The summed E-state index contributed by atoms with van der Waals surface area (Å²) in [4.78, 5) is 4.56. The number of benzene rings is 1. The fourth-order valence-electron chi connectivity index (χ4n) is 3.50. The Morgan fingerprint density at radius 1 is 1.30 bits per heavy atom. The van der Waals surface area contributed by atoms with Crippen molar-refractivity contribution in [3.8, 4) is 17.3 Å². The highest BCUT2D eigenvalue weighted by Crippen LogP contribution is 2.35. The van der Waals surface area contributed by atoms with Gasteiger partial charge in [0.25, 0.3) is 5.89 Å². The molecule has 9 heteroatoms. The minimum absolute atomic E-state index is 0. The first-order valence-electron chi connectivity index (χ1n) is 8.95. The minimum atomic E-state index is -0.490. The molecule has 0 spiro atoms. The van der Waals surface area contributed by atoms with Crippen molar-refractivity contribution in [1.82, 2.24) is 25.1 Å². The standard InChI is InChI=1S/C18H21ClN6O.ClH/c1-2-6-14-15(22-24-25(14)13-8-5-7-12(19)11-13)16-21-17(23-26-16)18(20)9-3-4-10-18;/h5,7-8,11H,2-4,6,9-10,20H2,1H3;1H. The monoisotopic (exact) mass is 408 g/mol. The lowest BCUT2D eigenvalue weighted by Gasteiger charge is -2.17. The number of hydrogen-bond donors (Lipinski definition) is 1. The summed E-state index contributed by atoms with van der Waals surface area (Å²) in [5, 5.41) is 13.4. The molecule has 1 aliphatic carbocycles. The summed E-state index contributed by atoms with van der Waals surface area (Å²) in [6, 6.07) is 7.51. The molecule has 3 aromatic rings. The number of hydrogen-bond acceptors (Lipinski definition) is 6. The van der Waals surface area contributed by atoms with Crippen LogP contribution in [0.2, 0.25) is 5.02 Å². The normalized spacial score (nSPS) is 15.7. The van der Waals surface area contributed by atoms with Crippen LogP contribution in [0.25, 0.3) is 17.3 Å². The van der Waals surface area contributed by atoms with Gasteiger partial charge in [-0.25, -0.2) is 4.68 Å². The molecule has 2 N–H and O–H groups in total. The van der Waals surface area contributed by atoms with Crippen LogP contribution in [0.4, 0.5) is 0 Å². The largest absolute Gasteiger partial charge is 0.332 e. The van der Waals surface area contributed by atoms with Crippen molar-refractivity contribution < 1.29 is 4.52 Å². The van der Waals surface area contributed by atoms with Crippen LogP contribution in [0.1, 0.15) is 50.5 Å². The lowest BCUT2D eigenvalue weighted by molar-refractivity contribution is 0.372. The van der Waals surface area contributed by atoms with Gasteiger partial charge in [0.1, 0.15) is 0 Å². The van der Waals surface area contributed by atoms with Crippen molar-refractivity contribution in [3.05, 3.63) is 40.8 Å². The van der Waals surface area contributed by atoms with Crippen LogP contribution in [-0.4, -0.2) is 25.1 Å². The van der Waals surface area contributed by atoms with Crippen molar-refractivity contribution in [2.24, 2.45) is 5.73 Å². The molecule has 1 aromatic carbocycles. The predicted octanol–water partition coefficient (Wildman–Crippen LogP) is 4.07. The first-order valence-corrected chi connectivity index (χ1v) is 9.32. The molecule has 0 aliphatic heterocycles. The van der Waals surface area contributed by atoms with Gasteiger partial charge in [-0.2, -0.15) is 4.98 Å². The average molecular weight is 409 g/mol. The van der Waals surface area contributed by atoms with Gasteiger partial charge in [0, 0.05) is 5.02 Å². The van der Waals surface area contributed by atoms with Gasteiger partial charge < -0.3 is 10.3 Å². The molecule has 0 radical (unpaired) electrons. The van der Waals surface area contributed by atoms with Gasteiger partial charge in [0.15, 0.2) is 11.5 Å². The Labute approximate surface area is 168 Å². The summed E-state index contributed by atoms with van der Waals surface area (Å²) in [5.41, 5.74) is 8.33. The second-order valence-corrected chi connectivity index (χ2v) is 7.25. The lowest BCUT2D eigenvalue weighted by atomic mass is 9.99. The van der Waals surface area contributed by atoms with E-state index in [1.54, 1.807) is 4.68 Å². The van der Waals surface area contributed by atoms with Gasteiger partial charge in [0.2, 0.25) is 0 Å². The molecule has 0 atom stereocenters. The van der Waals surface area contributed by atoms with Crippen molar-refractivity contribution in [1.29, 1.82) is 0 Å². The third kappa shape index (κ3) is 3.72.